The monoisotopic (exact) mass is 429 g/mol. The zero-order chi connectivity index (χ0) is 22.4. The number of urea groups is 1. The minimum absolute atomic E-state index is 0.0980. The molecule has 168 valence electrons. The van der Waals surface area contributed by atoms with E-state index in [9.17, 15) is 9.18 Å². The number of carbonyl (C=O) groups excluding carboxylic acids is 1. The van der Waals surface area contributed by atoms with Crippen LogP contribution >= 0.6 is 0 Å². The highest BCUT2D eigenvalue weighted by Gasteiger charge is 2.33. The third kappa shape index (κ3) is 5.47. The number of nitrogens with zero attached hydrogens (tertiary/aromatic N) is 1. The van der Waals surface area contributed by atoms with Crippen molar-refractivity contribution in [3.05, 3.63) is 58.9 Å². The van der Waals surface area contributed by atoms with Crippen LogP contribution in [0.1, 0.15) is 43.0 Å². The lowest BCUT2D eigenvalue weighted by Crippen LogP contribution is -2.50. The van der Waals surface area contributed by atoms with Crippen molar-refractivity contribution in [2.24, 2.45) is 0 Å². The predicted molar refractivity (Wildman–Crippen MR) is 119 cm³/mol. The summed E-state index contributed by atoms with van der Waals surface area (Å²) >= 11 is 0. The molecule has 0 saturated heterocycles. The Kier molecular flexibility index (Phi) is 7.74. The first kappa shape index (κ1) is 22.9. The minimum Gasteiger partial charge on any atom is -0.493 e. The van der Waals surface area contributed by atoms with Crippen LogP contribution < -0.4 is 20.1 Å². The molecule has 0 bridgehead atoms. The summed E-state index contributed by atoms with van der Waals surface area (Å²) in [4.78, 5) is 14.7. The molecular formula is C24H32FN3O3. The molecule has 2 aromatic rings. The molecule has 2 N–H and O–H groups in total. The number of ether oxygens (including phenoxy) is 2. The lowest BCUT2D eigenvalue weighted by molar-refractivity contribution is 0.143. The smallest absolute Gasteiger partial charge is 0.315 e. The number of nitrogens with one attached hydrogen (secondary N) is 2. The molecule has 0 fully saturated rings. The normalized spacial score (nSPS) is 16.9. The molecule has 6 nitrogen and oxygen atoms in total. The van der Waals surface area contributed by atoms with Gasteiger partial charge in [0.1, 0.15) is 5.82 Å². The fraction of sp³-hybridized carbons (Fsp3) is 0.458. The Labute approximate surface area is 183 Å². The van der Waals surface area contributed by atoms with Gasteiger partial charge in [0.15, 0.2) is 11.5 Å². The van der Waals surface area contributed by atoms with Gasteiger partial charge in [0.25, 0.3) is 0 Å². The van der Waals surface area contributed by atoms with Crippen molar-refractivity contribution < 1.29 is 18.7 Å². The van der Waals surface area contributed by atoms with Crippen LogP contribution in [0.3, 0.4) is 0 Å². The van der Waals surface area contributed by atoms with Crippen molar-refractivity contribution in [2.45, 2.75) is 45.3 Å². The molecule has 1 heterocycles. The van der Waals surface area contributed by atoms with Gasteiger partial charge in [-0.3, -0.25) is 4.90 Å². The summed E-state index contributed by atoms with van der Waals surface area (Å²) < 4.78 is 24.8. The van der Waals surface area contributed by atoms with Gasteiger partial charge in [0.2, 0.25) is 0 Å². The van der Waals surface area contributed by atoms with Crippen molar-refractivity contribution in [2.75, 3.05) is 27.3 Å². The summed E-state index contributed by atoms with van der Waals surface area (Å²) in [6, 6.07) is 10.2. The molecule has 2 amide bonds. The number of hydrogen-bond donors (Lipinski definition) is 2. The van der Waals surface area contributed by atoms with Crippen molar-refractivity contribution in [3.63, 3.8) is 0 Å². The summed E-state index contributed by atoms with van der Waals surface area (Å²) in [5, 5.41) is 5.96. The van der Waals surface area contributed by atoms with Gasteiger partial charge in [-0.15, -0.1) is 0 Å². The van der Waals surface area contributed by atoms with Gasteiger partial charge >= 0.3 is 6.03 Å². The number of carbonyl (C=O) groups is 1. The van der Waals surface area contributed by atoms with E-state index >= 15 is 0 Å². The number of halogens is 1. The number of rotatable bonds is 8. The second-order valence-electron chi connectivity index (χ2n) is 7.89. The van der Waals surface area contributed by atoms with E-state index in [1.54, 1.807) is 26.4 Å². The van der Waals surface area contributed by atoms with Crippen LogP contribution in [0.25, 0.3) is 0 Å². The number of benzene rings is 2. The van der Waals surface area contributed by atoms with Crippen molar-refractivity contribution >= 4 is 6.03 Å². The molecule has 1 aliphatic heterocycles. The number of hydrogen-bond acceptors (Lipinski definition) is 4. The van der Waals surface area contributed by atoms with Crippen molar-refractivity contribution in [3.8, 4) is 11.5 Å². The van der Waals surface area contributed by atoms with E-state index in [2.05, 4.69) is 15.5 Å². The first-order valence-corrected chi connectivity index (χ1v) is 10.7. The van der Waals surface area contributed by atoms with Crippen LogP contribution in [0.2, 0.25) is 0 Å². The van der Waals surface area contributed by atoms with E-state index in [1.807, 2.05) is 32.0 Å². The first-order valence-electron chi connectivity index (χ1n) is 10.7. The maximum Gasteiger partial charge on any atom is 0.315 e. The molecule has 0 aliphatic carbocycles. The van der Waals surface area contributed by atoms with Crippen LogP contribution in [-0.4, -0.2) is 44.3 Å². The summed E-state index contributed by atoms with van der Waals surface area (Å²) in [6.45, 7) is 6.00. The van der Waals surface area contributed by atoms with Crippen LogP contribution in [0, 0.1) is 5.82 Å². The second kappa shape index (κ2) is 10.5. The van der Waals surface area contributed by atoms with Crippen LogP contribution in [0.4, 0.5) is 9.18 Å². The maximum absolute atomic E-state index is 13.8. The maximum atomic E-state index is 13.8. The van der Waals surface area contributed by atoms with Gasteiger partial charge in [-0.1, -0.05) is 19.1 Å². The van der Waals surface area contributed by atoms with Crippen LogP contribution in [0.5, 0.6) is 11.5 Å². The highest BCUT2D eigenvalue weighted by atomic mass is 19.1. The Morgan fingerprint density at radius 1 is 1.23 bits per heavy atom. The van der Waals surface area contributed by atoms with Gasteiger partial charge in [-0.05, 0) is 60.7 Å². The Hall–Kier alpha value is -2.80. The third-order valence-corrected chi connectivity index (χ3v) is 5.67. The molecule has 2 aromatic carbocycles. The Morgan fingerprint density at radius 2 is 1.97 bits per heavy atom. The van der Waals surface area contributed by atoms with Crippen molar-refractivity contribution in [1.29, 1.82) is 0 Å². The average molecular weight is 430 g/mol. The van der Waals surface area contributed by atoms with Crippen molar-refractivity contribution in [1.82, 2.24) is 15.5 Å². The number of amides is 2. The molecule has 0 unspecified atom stereocenters. The Bertz CT molecular complexity index is 906. The number of fused-ring (bicyclic) bond motifs is 1. The highest BCUT2D eigenvalue weighted by Crippen LogP contribution is 2.40. The SMILES string of the molecule is CCCNC(=O)N[C@@H](C)[C@@H]1c2cc(OC)c(OC)cc2CCN1Cc1cccc(F)c1. The zero-order valence-electron chi connectivity index (χ0n) is 18.7. The fourth-order valence-corrected chi connectivity index (χ4v) is 4.24. The minimum atomic E-state index is -0.247. The molecule has 0 spiro atoms. The van der Waals surface area contributed by atoms with E-state index in [4.69, 9.17) is 9.47 Å². The van der Waals surface area contributed by atoms with Gasteiger partial charge < -0.3 is 20.1 Å². The summed E-state index contributed by atoms with van der Waals surface area (Å²) in [6.07, 6.45) is 1.70. The van der Waals surface area contributed by atoms with Gasteiger partial charge in [-0.25, -0.2) is 9.18 Å². The molecule has 7 heteroatoms. The molecule has 1 aliphatic rings. The summed E-state index contributed by atoms with van der Waals surface area (Å²) in [5.41, 5.74) is 3.15. The van der Waals surface area contributed by atoms with Gasteiger partial charge in [0.05, 0.1) is 20.3 Å². The zero-order valence-corrected chi connectivity index (χ0v) is 18.7. The molecule has 2 atom stereocenters. The first-order chi connectivity index (χ1) is 15.0. The molecule has 3 rings (SSSR count). The standard InChI is InChI=1S/C24H32FN3O3/c1-5-10-26-24(29)27-16(2)23-20-14-22(31-4)21(30-3)13-18(20)9-11-28(23)15-17-7-6-8-19(25)12-17/h6-8,12-14,16,23H,5,9-11,15H2,1-4H3,(H2,26,27,29)/t16-,23+/m0/s1. The van der Waals surface area contributed by atoms with Crippen LogP contribution in [-0.2, 0) is 13.0 Å². The average Bonchev–Trinajstić information content (AvgIpc) is 2.76. The van der Waals surface area contributed by atoms with E-state index in [0.29, 0.717) is 24.6 Å². The van der Waals surface area contributed by atoms with Crippen LogP contribution in [0.15, 0.2) is 36.4 Å². The second-order valence-corrected chi connectivity index (χ2v) is 7.89. The van der Waals surface area contributed by atoms with E-state index in [0.717, 1.165) is 30.5 Å². The topological polar surface area (TPSA) is 62.8 Å². The molecule has 0 saturated carbocycles. The van der Waals surface area contributed by atoms with E-state index < -0.39 is 0 Å². The van der Waals surface area contributed by atoms with E-state index in [1.165, 1.54) is 11.6 Å². The summed E-state index contributed by atoms with van der Waals surface area (Å²) in [5.74, 6) is 1.10. The third-order valence-electron chi connectivity index (χ3n) is 5.67. The van der Waals surface area contributed by atoms with Gasteiger partial charge in [0, 0.05) is 25.7 Å². The number of methoxy groups -OCH3 is 2. The fourth-order valence-electron chi connectivity index (χ4n) is 4.24. The Morgan fingerprint density at radius 3 is 2.65 bits per heavy atom. The highest BCUT2D eigenvalue weighted by molar-refractivity contribution is 5.74. The molecule has 31 heavy (non-hydrogen) atoms. The molecule has 0 radical (unpaired) electrons. The van der Waals surface area contributed by atoms with E-state index in [-0.39, 0.29) is 23.9 Å². The van der Waals surface area contributed by atoms with Gasteiger partial charge in [-0.2, -0.15) is 0 Å². The summed E-state index contributed by atoms with van der Waals surface area (Å²) in [7, 11) is 3.25. The molecule has 0 aromatic heterocycles. The molecular weight excluding hydrogens is 397 g/mol. The quantitative estimate of drug-likeness (QED) is 0.665. The lowest BCUT2D eigenvalue weighted by Gasteiger charge is -2.41. The lowest BCUT2D eigenvalue weighted by atomic mass is 9.87. The largest absolute Gasteiger partial charge is 0.493 e. The Balaban J connectivity index is 1.94. The predicted octanol–water partition coefficient (Wildman–Crippen LogP) is 4.04.